The van der Waals surface area contributed by atoms with Crippen LogP contribution < -0.4 is 5.32 Å². The number of nitrogens with one attached hydrogen (secondary N) is 1. The van der Waals surface area contributed by atoms with E-state index >= 15 is 0 Å². The first-order valence-electron chi connectivity index (χ1n) is 7.37. The molecule has 1 aliphatic rings. The van der Waals surface area contributed by atoms with Crippen LogP contribution in [0.25, 0.3) is 0 Å². The van der Waals surface area contributed by atoms with E-state index in [0.717, 1.165) is 38.8 Å². The van der Waals surface area contributed by atoms with Crippen molar-refractivity contribution in [1.29, 1.82) is 0 Å². The van der Waals surface area contributed by atoms with Gasteiger partial charge in [-0.2, -0.15) is 0 Å². The first-order chi connectivity index (χ1) is 11.1. The van der Waals surface area contributed by atoms with E-state index in [2.05, 4.69) is 27.7 Å². The highest BCUT2D eigenvalue weighted by Gasteiger charge is 2.19. The zero-order valence-electron chi connectivity index (χ0n) is 12.5. The number of hydrogen-bond donors (Lipinski definition) is 1. The Hall–Kier alpha value is -1.57. The third kappa shape index (κ3) is 4.25. The number of thiophene rings is 1. The van der Waals surface area contributed by atoms with E-state index in [4.69, 9.17) is 12.2 Å². The SMILES string of the molecule is Fc1ccc(NC(=S)N2CCN(Cc3cccs3)CC2)c(F)c1. The Morgan fingerprint density at radius 2 is 1.96 bits per heavy atom. The molecule has 3 rings (SSSR count). The Kier molecular flexibility index (Phi) is 5.20. The standard InChI is InChI=1S/C16H17F2N3S2/c17-12-3-4-15(14(18)10-12)19-16(22)21-7-5-20(6-8-21)11-13-2-1-9-23-13/h1-4,9-10H,5-8,11H2,(H,19,22). The molecule has 0 saturated carbocycles. The summed E-state index contributed by atoms with van der Waals surface area (Å²) in [6, 6.07) is 7.63. The topological polar surface area (TPSA) is 18.5 Å². The third-order valence-corrected chi connectivity index (χ3v) is 5.01. The van der Waals surface area contributed by atoms with Crippen molar-refractivity contribution in [3.63, 3.8) is 0 Å². The second-order valence-corrected chi connectivity index (χ2v) is 6.82. The van der Waals surface area contributed by atoms with E-state index in [-0.39, 0.29) is 5.69 Å². The van der Waals surface area contributed by atoms with Crippen molar-refractivity contribution in [2.75, 3.05) is 31.5 Å². The van der Waals surface area contributed by atoms with Gasteiger partial charge in [-0.1, -0.05) is 6.07 Å². The van der Waals surface area contributed by atoms with Crippen LogP contribution in [0.1, 0.15) is 4.88 Å². The fraction of sp³-hybridized carbons (Fsp3) is 0.312. The Bertz CT molecular complexity index is 668. The van der Waals surface area contributed by atoms with Gasteiger partial charge in [0.05, 0.1) is 5.69 Å². The van der Waals surface area contributed by atoms with E-state index in [1.807, 2.05) is 4.90 Å². The highest BCUT2D eigenvalue weighted by molar-refractivity contribution is 7.80. The molecule has 23 heavy (non-hydrogen) atoms. The lowest BCUT2D eigenvalue weighted by atomic mass is 10.3. The minimum absolute atomic E-state index is 0.206. The molecule has 2 aromatic rings. The molecule has 1 saturated heterocycles. The van der Waals surface area contributed by atoms with E-state index in [1.165, 1.54) is 17.0 Å². The first kappa shape index (κ1) is 16.3. The molecule has 0 radical (unpaired) electrons. The summed E-state index contributed by atoms with van der Waals surface area (Å²) >= 11 is 7.10. The molecule has 2 heterocycles. The second kappa shape index (κ2) is 7.33. The fourth-order valence-electron chi connectivity index (χ4n) is 2.52. The summed E-state index contributed by atoms with van der Waals surface area (Å²) < 4.78 is 26.6. The molecule has 1 fully saturated rings. The lowest BCUT2D eigenvalue weighted by Gasteiger charge is -2.36. The number of rotatable bonds is 3. The van der Waals surface area contributed by atoms with Crippen LogP contribution in [0.15, 0.2) is 35.7 Å². The number of thiocarbonyl (C=S) groups is 1. The summed E-state index contributed by atoms with van der Waals surface area (Å²) in [5.74, 6) is -1.23. The van der Waals surface area contributed by atoms with Gasteiger partial charge in [-0.3, -0.25) is 4.90 Å². The number of anilines is 1. The molecular formula is C16H17F2N3S2. The molecule has 0 unspecified atom stereocenters. The van der Waals surface area contributed by atoms with Crippen LogP contribution in [0.5, 0.6) is 0 Å². The summed E-state index contributed by atoms with van der Waals surface area (Å²) in [5, 5.41) is 5.43. The van der Waals surface area contributed by atoms with Gasteiger partial charge in [0, 0.05) is 43.7 Å². The van der Waals surface area contributed by atoms with Crippen molar-refractivity contribution in [2.24, 2.45) is 0 Å². The fourth-order valence-corrected chi connectivity index (χ4v) is 3.56. The highest BCUT2D eigenvalue weighted by atomic mass is 32.1. The Labute approximate surface area is 143 Å². The van der Waals surface area contributed by atoms with Crippen LogP contribution in [0.4, 0.5) is 14.5 Å². The quantitative estimate of drug-likeness (QED) is 0.851. The average Bonchev–Trinajstić information content (AvgIpc) is 3.04. The second-order valence-electron chi connectivity index (χ2n) is 5.40. The third-order valence-electron chi connectivity index (χ3n) is 3.79. The van der Waals surface area contributed by atoms with Gasteiger partial charge in [-0.25, -0.2) is 8.78 Å². The lowest BCUT2D eigenvalue weighted by molar-refractivity contribution is 0.178. The maximum Gasteiger partial charge on any atom is 0.173 e. The lowest BCUT2D eigenvalue weighted by Crippen LogP contribution is -2.49. The molecule has 3 nitrogen and oxygen atoms in total. The van der Waals surface area contributed by atoms with Gasteiger partial charge in [0.2, 0.25) is 0 Å². The van der Waals surface area contributed by atoms with Gasteiger partial charge in [0.15, 0.2) is 5.11 Å². The maximum absolute atomic E-state index is 13.7. The van der Waals surface area contributed by atoms with Gasteiger partial charge in [0.25, 0.3) is 0 Å². The summed E-state index contributed by atoms with van der Waals surface area (Å²) in [6.07, 6.45) is 0. The summed E-state index contributed by atoms with van der Waals surface area (Å²) in [6.45, 7) is 4.36. The predicted molar refractivity (Wildman–Crippen MR) is 93.7 cm³/mol. The van der Waals surface area contributed by atoms with Gasteiger partial charge in [-0.15, -0.1) is 11.3 Å². The van der Waals surface area contributed by atoms with E-state index in [0.29, 0.717) is 5.11 Å². The molecule has 1 N–H and O–H groups in total. The van der Waals surface area contributed by atoms with Crippen LogP contribution in [0, 0.1) is 11.6 Å². The molecule has 0 amide bonds. The Morgan fingerprint density at radius 1 is 1.17 bits per heavy atom. The van der Waals surface area contributed by atoms with Gasteiger partial charge in [-0.05, 0) is 35.8 Å². The molecule has 122 valence electrons. The van der Waals surface area contributed by atoms with Crippen LogP contribution in [0.2, 0.25) is 0 Å². The average molecular weight is 353 g/mol. The number of piperazine rings is 1. The van der Waals surface area contributed by atoms with Crippen molar-refractivity contribution in [3.05, 3.63) is 52.2 Å². The van der Waals surface area contributed by atoms with Crippen LogP contribution in [-0.4, -0.2) is 41.1 Å². The zero-order valence-corrected chi connectivity index (χ0v) is 14.1. The molecule has 1 aliphatic heterocycles. The number of hydrogen-bond acceptors (Lipinski definition) is 3. The molecule has 1 aromatic heterocycles. The monoisotopic (exact) mass is 353 g/mol. The van der Waals surface area contributed by atoms with Crippen LogP contribution in [-0.2, 0) is 6.54 Å². The summed E-state index contributed by atoms with van der Waals surface area (Å²) in [7, 11) is 0. The summed E-state index contributed by atoms with van der Waals surface area (Å²) in [5.41, 5.74) is 0.206. The van der Waals surface area contributed by atoms with Crippen LogP contribution >= 0.6 is 23.6 Å². The minimum atomic E-state index is -0.635. The highest BCUT2D eigenvalue weighted by Crippen LogP contribution is 2.17. The molecule has 0 spiro atoms. The Morgan fingerprint density at radius 3 is 2.61 bits per heavy atom. The Balaban J connectivity index is 1.51. The molecular weight excluding hydrogens is 336 g/mol. The largest absolute Gasteiger partial charge is 0.346 e. The van der Waals surface area contributed by atoms with Gasteiger partial charge >= 0.3 is 0 Å². The number of benzene rings is 1. The van der Waals surface area contributed by atoms with Crippen molar-refractivity contribution < 1.29 is 8.78 Å². The molecule has 0 bridgehead atoms. The normalized spacial score (nSPS) is 15.7. The molecule has 1 aromatic carbocycles. The molecule has 0 aliphatic carbocycles. The van der Waals surface area contributed by atoms with Crippen molar-refractivity contribution in [3.8, 4) is 0 Å². The van der Waals surface area contributed by atoms with Gasteiger partial charge < -0.3 is 10.2 Å². The minimum Gasteiger partial charge on any atom is -0.346 e. The molecule has 0 atom stereocenters. The van der Waals surface area contributed by atoms with Crippen LogP contribution in [0.3, 0.4) is 0 Å². The van der Waals surface area contributed by atoms with Crippen molar-refractivity contribution >= 4 is 34.4 Å². The van der Waals surface area contributed by atoms with E-state index < -0.39 is 11.6 Å². The van der Waals surface area contributed by atoms with Crippen molar-refractivity contribution in [2.45, 2.75) is 6.54 Å². The predicted octanol–water partition coefficient (Wildman–Crippen LogP) is 3.54. The maximum atomic E-state index is 13.7. The number of nitrogens with zero attached hydrogens (tertiary/aromatic N) is 2. The van der Waals surface area contributed by atoms with Gasteiger partial charge in [0.1, 0.15) is 11.6 Å². The summed E-state index contributed by atoms with van der Waals surface area (Å²) in [4.78, 5) is 5.75. The van der Waals surface area contributed by atoms with E-state index in [1.54, 1.807) is 11.3 Å². The molecule has 7 heteroatoms. The van der Waals surface area contributed by atoms with E-state index in [9.17, 15) is 8.78 Å². The number of halogens is 2. The first-order valence-corrected chi connectivity index (χ1v) is 8.66. The zero-order chi connectivity index (χ0) is 16.2. The smallest absolute Gasteiger partial charge is 0.173 e. The van der Waals surface area contributed by atoms with Crippen molar-refractivity contribution in [1.82, 2.24) is 9.80 Å².